The molecule has 1 aromatic rings. The fraction of sp³-hybridized carbons (Fsp3) is 0.594. The van der Waals surface area contributed by atoms with Crippen molar-refractivity contribution in [2.45, 2.75) is 83.2 Å². The maximum Gasteiger partial charge on any atom is 0.249 e. The number of fused-ring (bicyclic) bond motifs is 2. The highest BCUT2D eigenvalue weighted by molar-refractivity contribution is 6.04. The Morgan fingerprint density at radius 3 is 2.33 bits per heavy atom. The van der Waals surface area contributed by atoms with Crippen LogP contribution in [0.3, 0.4) is 0 Å². The van der Waals surface area contributed by atoms with E-state index < -0.39 is 35.1 Å². The number of aliphatic hydroxyl groups is 1. The number of benzene rings is 1. The molecule has 0 aliphatic carbocycles. The van der Waals surface area contributed by atoms with Crippen LogP contribution in [0.1, 0.15) is 53.9 Å². The lowest BCUT2D eigenvalue weighted by molar-refractivity contribution is -0.156. The van der Waals surface area contributed by atoms with E-state index in [1.807, 2.05) is 87.2 Å². The zero-order chi connectivity index (χ0) is 28.8. The van der Waals surface area contributed by atoms with E-state index in [0.29, 0.717) is 13.1 Å². The fourth-order valence-electron chi connectivity index (χ4n) is 7.46. The van der Waals surface area contributed by atoms with E-state index in [9.17, 15) is 19.5 Å². The molecule has 4 aliphatic rings. The summed E-state index contributed by atoms with van der Waals surface area (Å²) in [5.74, 6) is -2.45. The molecule has 1 aromatic carbocycles. The van der Waals surface area contributed by atoms with Crippen molar-refractivity contribution in [3.05, 3.63) is 54.6 Å². The van der Waals surface area contributed by atoms with Crippen LogP contribution in [0.2, 0.25) is 0 Å². The van der Waals surface area contributed by atoms with Crippen molar-refractivity contribution in [2.24, 2.45) is 17.8 Å². The summed E-state index contributed by atoms with van der Waals surface area (Å²) in [5.41, 5.74) is -1.65. The van der Waals surface area contributed by atoms with Crippen molar-refractivity contribution >= 4 is 23.4 Å². The second kappa shape index (κ2) is 10.8. The highest BCUT2D eigenvalue weighted by Gasteiger charge is 2.75. The molecule has 0 radical (unpaired) electrons. The van der Waals surface area contributed by atoms with E-state index in [1.54, 1.807) is 9.80 Å². The summed E-state index contributed by atoms with van der Waals surface area (Å²) < 4.78 is 6.94. The molecule has 5 rings (SSSR count). The first kappa shape index (κ1) is 28.6. The lowest BCUT2D eigenvalue weighted by Crippen LogP contribution is -2.60. The molecule has 2 unspecified atom stereocenters. The number of rotatable bonds is 8. The smallest absolute Gasteiger partial charge is 0.249 e. The Labute approximate surface area is 237 Å². The van der Waals surface area contributed by atoms with Crippen LogP contribution in [-0.4, -0.2) is 81.7 Å². The Kier molecular flexibility index (Phi) is 7.70. The van der Waals surface area contributed by atoms with E-state index >= 15 is 0 Å². The SMILES string of the molecule is CCCC(C)N1CC=C[C@]23O[C@@]4(C)C=CCN(c5ccccc5)C(=O)[C@H]4[C@H]2C(=O)N([C@@H](CO)[C@@H](C)CC)C3C1=O. The lowest BCUT2D eigenvalue weighted by atomic mass is 9.74. The van der Waals surface area contributed by atoms with E-state index in [0.717, 1.165) is 24.9 Å². The molecule has 4 heterocycles. The predicted octanol–water partition coefficient (Wildman–Crippen LogP) is 3.55. The number of ether oxygens (including phenoxy) is 1. The van der Waals surface area contributed by atoms with Gasteiger partial charge in [0.15, 0.2) is 0 Å². The summed E-state index contributed by atoms with van der Waals surface area (Å²) in [4.78, 5) is 48.7. The molecule has 1 N–H and O–H groups in total. The number of aliphatic hydroxyl groups excluding tert-OH is 1. The second-order valence-electron chi connectivity index (χ2n) is 12.1. The predicted molar refractivity (Wildman–Crippen MR) is 153 cm³/mol. The zero-order valence-corrected chi connectivity index (χ0v) is 24.3. The molecule has 8 nitrogen and oxygen atoms in total. The fourth-order valence-corrected chi connectivity index (χ4v) is 7.46. The van der Waals surface area contributed by atoms with Gasteiger partial charge in [0.2, 0.25) is 17.7 Å². The summed E-state index contributed by atoms with van der Waals surface area (Å²) >= 11 is 0. The topological polar surface area (TPSA) is 90.4 Å². The molecule has 0 bridgehead atoms. The van der Waals surface area contributed by atoms with Gasteiger partial charge in [-0.25, -0.2) is 0 Å². The third-order valence-electron chi connectivity index (χ3n) is 9.68. The summed E-state index contributed by atoms with van der Waals surface area (Å²) in [5, 5.41) is 10.6. The molecule has 4 aliphatic heterocycles. The molecule has 2 saturated heterocycles. The van der Waals surface area contributed by atoms with Crippen molar-refractivity contribution in [1.82, 2.24) is 9.80 Å². The summed E-state index contributed by atoms with van der Waals surface area (Å²) in [7, 11) is 0. The second-order valence-corrected chi connectivity index (χ2v) is 12.1. The summed E-state index contributed by atoms with van der Waals surface area (Å²) in [6.45, 7) is 10.5. The summed E-state index contributed by atoms with van der Waals surface area (Å²) in [6.07, 6.45) is 10.1. The lowest BCUT2D eigenvalue weighted by Gasteiger charge is -2.42. The molecular weight excluding hydrogens is 506 g/mol. The minimum absolute atomic E-state index is 0.0259. The molecule has 216 valence electrons. The first-order valence-electron chi connectivity index (χ1n) is 14.8. The normalized spacial score (nSPS) is 33.8. The minimum atomic E-state index is -1.32. The Balaban J connectivity index is 1.67. The number of hydrogen-bond donors (Lipinski definition) is 1. The minimum Gasteiger partial charge on any atom is -0.394 e. The number of nitrogens with zero attached hydrogens (tertiary/aromatic N) is 3. The van der Waals surface area contributed by atoms with Gasteiger partial charge < -0.3 is 24.5 Å². The number of anilines is 1. The number of hydrogen-bond acceptors (Lipinski definition) is 5. The van der Waals surface area contributed by atoms with Gasteiger partial charge in [-0.2, -0.15) is 0 Å². The third kappa shape index (κ3) is 4.22. The Morgan fingerprint density at radius 2 is 1.68 bits per heavy atom. The Morgan fingerprint density at radius 1 is 0.975 bits per heavy atom. The van der Waals surface area contributed by atoms with Crippen LogP contribution in [0.25, 0.3) is 0 Å². The molecule has 1 spiro atoms. The van der Waals surface area contributed by atoms with Crippen LogP contribution in [0.4, 0.5) is 5.69 Å². The molecule has 40 heavy (non-hydrogen) atoms. The van der Waals surface area contributed by atoms with Gasteiger partial charge in [0, 0.05) is 24.8 Å². The first-order valence-corrected chi connectivity index (χ1v) is 14.8. The van der Waals surface area contributed by atoms with Crippen LogP contribution in [0.15, 0.2) is 54.6 Å². The quantitative estimate of drug-likeness (QED) is 0.501. The molecule has 2 fully saturated rings. The largest absolute Gasteiger partial charge is 0.394 e. The molecule has 0 aromatic heterocycles. The number of carbonyl (C=O) groups is 3. The number of amides is 3. The van der Waals surface area contributed by atoms with Crippen LogP contribution in [0, 0.1) is 17.8 Å². The van der Waals surface area contributed by atoms with Gasteiger partial charge in [-0.1, -0.05) is 76.1 Å². The van der Waals surface area contributed by atoms with Crippen molar-refractivity contribution < 1.29 is 24.2 Å². The van der Waals surface area contributed by atoms with Gasteiger partial charge in [0.25, 0.3) is 0 Å². The van der Waals surface area contributed by atoms with Crippen LogP contribution in [-0.2, 0) is 19.1 Å². The van der Waals surface area contributed by atoms with Crippen LogP contribution in [0.5, 0.6) is 0 Å². The van der Waals surface area contributed by atoms with Gasteiger partial charge in [0.1, 0.15) is 11.6 Å². The standard InChI is InChI=1S/C32H43N3O5/c1-6-13-22(4)33-18-12-17-32-26(29(38)35(27(32)30(33)39)24(20-36)21(3)7-2)25-28(37)34(23-14-9-8-10-15-23)19-11-16-31(25,5)40-32/h8-12,14-17,21-22,24-27,36H,6-7,13,18-20H2,1-5H3/t21-,22?,24-,25+,26-,27?,31-,32-/m0/s1. The number of carbonyl (C=O) groups excluding carboxylic acids is 3. The van der Waals surface area contributed by atoms with Crippen LogP contribution >= 0.6 is 0 Å². The van der Waals surface area contributed by atoms with Crippen molar-refractivity contribution in [3.8, 4) is 0 Å². The van der Waals surface area contributed by atoms with Gasteiger partial charge >= 0.3 is 0 Å². The monoisotopic (exact) mass is 549 g/mol. The van der Waals surface area contributed by atoms with Gasteiger partial charge in [-0.15, -0.1) is 0 Å². The van der Waals surface area contributed by atoms with E-state index in [4.69, 9.17) is 4.74 Å². The van der Waals surface area contributed by atoms with E-state index in [1.165, 1.54) is 0 Å². The number of para-hydroxylation sites is 1. The Hall–Kier alpha value is -2.97. The van der Waals surface area contributed by atoms with Crippen molar-refractivity contribution in [2.75, 3.05) is 24.6 Å². The van der Waals surface area contributed by atoms with Crippen molar-refractivity contribution in [1.29, 1.82) is 0 Å². The first-order chi connectivity index (χ1) is 19.1. The maximum absolute atomic E-state index is 14.7. The van der Waals surface area contributed by atoms with Crippen molar-refractivity contribution in [3.63, 3.8) is 0 Å². The third-order valence-corrected chi connectivity index (χ3v) is 9.68. The summed E-state index contributed by atoms with van der Waals surface area (Å²) in [6, 6.07) is 7.89. The zero-order valence-electron chi connectivity index (χ0n) is 24.3. The van der Waals surface area contributed by atoms with Crippen LogP contribution < -0.4 is 4.90 Å². The van der Waals surface area contributed by atoms with E-state index in [2.05, 4.69) is 6.92 Å². The van der Waals surface area contributed by atoms with Gasteiger partial charge in [-0.05, 0) is 38.3 Å². The Bertz CT molecular complexity index is 1200. The average Bonchev–Trinajstić information content (AvgIpc) is 3.21. The average molecular weight is 550 g/mol. The number of likely N-dealkylation sites (tertiary alicyclic amines) is 1. The van der Waals surface area contributed by atoms with Gasteiger partial charge in [-0.3, -0.25) is 14.4 Å². The van der Waals surface area contributed by atoms with Gasteiger partial charge in [0.05, 0.1) is 30.1 Å². The molecular formula is C32H43N3O5. The molecule has 0 saturated carbocycles. The molecule has 8 heteroatoms. The maximum atomic E-state index is 14.7. The highest BCUT2D eigenvalue weighted by Crippen LogP contribution is 2.58. The molecule has 3 amide bonds. The molecule has 8 atom stereocenters. The highest BCUT2D eigenvalue weighted by atomic mass is 16.5. The van der Waals surface area contributed by atoms with E-state index in [-0.39, 0.29) is 36.3 Å².